The van der Waals surface area contributed by atoms with Gasteiger partial charge in [0.1, 0.15) is 6.04 Å². The van der Waals surface area contributed by atoms with Gasteiger partial charge in [-0.25, -0.2) is 8.42 Å². The Labute approximate surface area is 223 Å². The number of carbonyl (C=O) groups excluding carboxylic acids is 2. The maximum Gasteiger partial charge on any atom is 0.243 e. The lowest BCUT2D eigenvalue weighted by atomic mass is 10.1. The van der Waals surface area contributed by atoms with Gasteiger partial charge in [0.15, 0.2) is 0 Å². The Hall–Kier alpha value is -2.87. The average molecular weight is 530 g/mol. The fourth-order valence-corrected chi connectivity index (χ4v) is 5.24. The van der Waals surface area contributed by atoms with Crippen molar-refractivity contribution < 1.29 is 18.0 Å². The third-order valence-corrected chi connectivity index (χ3v) is 7.83. The molecule has 2 aromatic rings. The van der Waals surface area contributed by atoms with E-state index in [0.29, 0.717) is 25.1 Å². The second-order valence-electron chi connectivity index (χ2n) is 9.98. The number of anilines is 1. The Morgan fingerprint density at radius 2 is 1.57 bits per heavy atom. The van der Waals surface area contributed by atoms with Crippen LogP contribution in [0.4, 0.5) is 5.69 Å². The Balaban J connectivity index is 2.25. The van der Waals surface area contributed by atoms with Crippen molar-refractivity contribution in [2.24, 2.45) is 0 Å². The van der Waals surface area contributed by atoms with E-state index >= 15 is 0 Å². The van der Waals surface area contributed by atoms with Crippen LogP contribution in [-0.4, -0.2) is 50.0 Å². The molecule has 0 unspecified atom stereocenters. The lowest BCUT2D eigenvalue weighted by Crippen LogP contribution is -2.50. The molecular weight excluding hydrogens is 486 g/mol. The van der Waals surface area contributed by atoms with Gasteiger partial charge in [0.2, 0.25) is 21.8 Å². The fourth-order valence-electron chi connectivity index (χ4n) is 4.22. The van der Waals surface area contributed by atoms with Gasteiger partial charge in [-0.3, -0.25) is 13.9 Å². The number of hydrogen-bond acceptors (Lipinski definition) is 4. The van der Waals surface area contributed by atoms with Crippen molar-refractivity contribution in [2.45, 2.75) is 85.9 Å². The molecule has 0 saturated heterocycles. The Bertz CT molecular complexity index is 1160. The predicted octanol–water partition coefficient (Wildman–Crippen LogP) is 4.88. The molecule has 204 valence electrons. The molecule has 0 aliphatic heterocycles. The number of rotatable bonds is 13. The molecule has 0 spiro atoms. The quantitative estimate of drug-likeness (QED) is 0.401. The van der Waals surface area contributed by atoms with Crippen LogP contribution in [-0.2, 0) is 26.2 Å². The zero-order valence-electron chi connectivity index (χ0n) is 23.4. The van der Waals surface area contributed by atoms with Crippen molar-refractivity contribution in [3.05, 3.63) is 64.7 Å². The molecule has 0 aliphatic rings. The number of benzene rings is 2. The van der Waals surface area contributed by atoms with Crippen molar-refractivity contribution in [3.8, 4) is 0 Å². The first-order valence-electron chi connectivity index (χ1n) is 13.1. The first kappa shape index (κ1) is 30.4. The molecule has 0 heterocycles. The van der Waals surface area contributed by atoms with Crippen LogP contribution in [0.15, 0.2) is 42.5 Å². The molecule has 37 heavy (non-hydrogen) atoms. The molecule has 0 fully saturated rings. The molecule has 2 aromatic carbocycles. The summed E-state index contributed by atoms with van der Waals surface area (Å²) in [6, 6.07) is 13.0. The highest BCUT2D eigenvalue weighted by molar-refractivity contribution is 7.92. The SMILES string of the molecule is CC[C@@H](C)NC(=O)[C@@H](CC)N(Cc1ccc(C)cc1)C(=O)CCCN(c1cc(C)ccc1C)S(C)(=O)=O. The fraction of sp³-hybridized carbons (Fsp3) is 0.517. The van der Waals surface area contributed by atoms with Crippen molar-refractivity contribution in [1.82, 2.24) is 10.2 Å². The van der Waals surface area contributed by atoms with Crippen LogP contribution in [0, 0.1) is 20.8 Å². The molecular formula is C29H43N3O4S. The maximum atomic E-state index is 13.5. The molecule has 1 N–H and O–H groups in total. The van der Waals surface area contributed by atoms with E-state index < -0.39 is 16.1 Å². The van der Waals surface area contributed by atoms with Crippen LogP contribution in [0.2, 0.25) is 0 Å². The number of carbonyl (C=O) groups is 2. The second kappa shape index (κ2) is 13.6. The van der Waals surface area contributed by atoms with Crippen molar-refractivity contribution in [2.75, 3.05) is 17.1 Å². The van der Waals surface area contributed by atoms with Crippen LogP contribution in [0.25, 0.3) is 0 Å². The van der Waals surface area contributed by atoms with E-state index in [-0.39, 0.29) is 30.8 Å². The molecule has 0 saturated carbocycles. The monoisotopic (exact) mass is 529 g/mol. The molecule has 2 amide bonds. The third kappa shape index (κ3) is 8.88. The molecule has 0 bridgehead atoms. The second-order valence-corrected chi connectivity index (χ2v) is 11.9. The molecule has 2 rings (SSSR count). The summed E-state index contributed by atoms with van der Waals surface area (Å²) in [5, 5.41) is 3.02. The summed E-state index contributed by atoms with van der Waals surface area (Å²) in [5.41, 5.74) is 4.52. The minimum atomic E-state index is -3.53. The molecule has 2 atom stereocenters. The lowest BCUT2D eigenvalue weighted by Gasteiger charge is -2.32. The highest BCUT2D eigenvalue weighted by Gasteiger charge is 2.29. The number of hydrogen-bond donors (Lipinski definition) is 1. The zero-order valence-corrected chi connectivity index (χ0v) is 24.2. The van der Waals surface area contributed by atoms with Gasteiger partial charge < -0.3 is 10.2 Å². The summed E-state index contributed by atoms with van der Waals surface area (Å²) >= 11 is 0. The van der Waals surface area contributed by atoms with Gasteiger partial charge >= 0.3 is 0 Å². The van der Waals surface area contributed by atoms with Gasteiger partial charge in [0, 0.05) is 25.6 Å². The summed E-state index contributed by atoms with van der Waals surface area (Å²) < 4.78 is 26.6. The van der Waals surface area contributed by atoms with E-state index in [2.05, 4.69) is 5.32 Å². The minimum Gasteiger partial charge on any atom is -0.352 e. The van der Waals surface area contributed by atoms with Crippen molar-refractivity contribution >= 4 is 27.5 Å². The Morgan fingerprint density at radius 3 is 2.14 bits per heavy atom. The third-order valence-electron chi connectivity index (χ3n) is 6.65. The maximum absolute atomic E-state index is 13.5. The van der Waals surface area contributed by atoms with E-state index in [0.717, 1.165) is 28.7 Å². The van der Waals surface area contributed by atoms with Gasteiger partial charge in [-0.15, -0.1) is 0 Å². The summed E-state index contributed by atoms with van der Waals surface area (Å²) in [6.07, 6.45) is 2.95. The van der Waals surface area contributed by atoms with E-state index in [4.69, 9.17) is 0 Å². The van der Waals surface area contributed by atoms with Crippen LogP contribution < -0.4 is 9.62 Å². The smallest absolute Gasteiger partial charge is 0.243 e. The first-order valence-corrected chi connectivity index (χ1v) is 14.9. The number of amides is 2. The summed E-state index contributed by atoms with van der Waals surface area (Å²) in [5.74, 6) is -0.327. The number of nitrogens with one attached hydrogen (secondary N) is 1. The van der Waals surface area contributed by atoms with Crippen LogP contribution in [0.3, 0.4) is 0 Å². The zero-order chi connectivity index (χ0) is 27.8. The summed E-state index contributed by atoms with van der Waals surface area (Å²) in [6.45, 7) is 12.2. The first-order chi connectivity index (χ1) is 17.4. The Kier molecular flexibility index (Phi) is 11.2. The highest BCUT2D eigenvalue weighted by Crippen LogP contribution is 2.25. The largest absolute Gasteiger partial charge is 0.352 e. The van der Waals surface area contributed by atoms with Gasteiger partial charge in [0.25, 0.3) is 0 Å². The van der Waals surface area contributed by atoms with E-state index in [1.54, 1.807) is 4.90 Å². The van der Waals surface area contributed by atoms with Crippen molar-refractivity contribution in [3.63, 3.8) is 0 Å². The molecule has 0 aliphatic carbocycles. The topological polar surface area (TPSA) is 86.8 Å². The van der Waals surface area contributed by atoms with Crippen LogP contribution >= 0.6 is 0 Å². The van der Waals surface area contributed by atoms with Gasteiger partial charge in [-0.1, -0.05) is 55.8 Å². The van der Waals surface area contributed by atoms with E-state index in [1.807, 2.05) is 84.0 Å². The molecule has 0 radical (unpaired) electrons. The van der Waals surface area contributed by atoms with Gasteiger partial charge in [-0.2, -0.15) is 0 Å². The van der Waals surface area contributed by atoms with Crippen LogP contribution in [0.5, 0.6) is 0 Å². The summed E-state index contributed by atoms with van der Waals surface area (Å²) in [7, 11) is -3.53. The highest BCUT2D eigenvalue weighted by atomic mass is 32.2. The summed E-state index contributed by atoms with van der Waals surface area (Å²) in [4.78, 5) is 28.3. The van der Waals surface area contributed by atoms with Crippen LogP contribution in [0.1, 0.15) is 68.7 Å². The standard InChI is InChI=1S/C29H43N3O4S/c1-8-24(6)30-29(34)26(9-2)31(20-25-16-13-21(3)14-17-25)28(33)11-10-18-32(37(7,35)36)27-19-22(4)12-15-23(27)5/h12-17,19,24,26H,8-11,18,20H2,1-7H3,(H,30,34)/t24-,26-/m1/s1. The average Bonchev–Trinajstić information content (AvgIpc) is 2.83. The van der Waals surface area contributed by atoms with Gasteiger partial charge in [-0.05, 0) is 69.7 Å². The van der Waals surface area contributed by atoms with Gasteiger partial charge in [0.05, 0.1) is 11.9 Å². The Morgan fingerprint density at radius 1 is 0.946 bits per heavy atom. The molecule has 0 aromatic heterocycles. The number of sulfonamides is 1. The van der Waals surface area contributed by atoms with E-state index in [1.165, 1.54) is 10.6 Å². The molecule has 7 nitrogen and oxygen atoms in total. The van der Waals surface area contributed by atoms with Crippen molar-refractivity contribution in [1.29, 1.82) is 0 Å². The molecule has 8 heteroatoms. The van der Waals surface area contributed by atoms with E-state index in [9.17, 15) is 18.0 Å². The predicted molar refractivity (Wildman–Crippen MR) is 151 cm³/mol. The number of aryl methyl sites for hydroxylation is 3. The minimum absolute atomic E-state index is 0.0127. The number of nitrogens with zero attached hydrogens (tertiary/aromatic N) is 2. The normalized spacial score (nSPS) is 13.1. The lowest BCUT2D eigenvalue weighted by molar-refractivity contribution is -0.141.